The van der Waals surface area contributed by atoms with Crippen molar-refractivity contribution in [3.63, 3.8) is 0 Å². The second kappa shape index (κ2) is 9.26. The Morgan fingerprint density at radius 1 is 1.06 bits per heavy atom. The molecule has 0 aliphatic carbocycles. The van der Waals surface area contributed by atoms with Crippen LogP contribution in [0.5, 0.6) is 0 Å². The lowest BCUT2D eigenvalue weighted by Gasteiger charge is -2.33. The zero-order valence-electron chi connectivity index (χ0n) is 18.2. The van der Waals surface area contributed by atoms with Crippen LogP contribution in [0.2, 0.25) is 0 Å². The van der Waals surface area contributed by atoms with E-state index in [1.807, 2.05) is 24.0 Å². The highest BCUT2D eigenvalue weighted by atomic mass is 32.2. The van der Waals surface area contributed by atoms with Crippen LogP contribution < -0.4 is 10.2 Å². The first-order chi connectivity index (χ1) is 14.9. The van der Waals surface area contributed by atoms with Crippen molar-refractivity contribution in [2.24, 2.45) is 5.92 Å². The Kier molecular flexibility index (Phi) is 6.64. The number of anilines is 1. The van der Waals surface area contributed by atoms with Crippen LogP contribution in [-0.4, -0.2) is 61.6 Å². The van der Waals surface area contributed by atoms with Crippen LogP contribution in [-0.2, 0) is 32.8 Å². The van der Waals surface area contributed by atoms with Gasteiger partial charge in [-0.1, -0.05) is 19.1 Å². The van der Waals surface area contributed by atoms with Crippen LogP contribution in [0.4, 0.5) is 5.69 Å². The molecule has 0 radical (unpaired) electrons. The van der Waals surface area contributed by atoms with E-state index in [1.54, 1.807) is 4.31 Å². The first-order valence-corrected chi connectivity index (χ1v) is 12.7. The number of rotatable bonds is 6. The van der Waals surface area contributed by atoms with Gasteiger partial charge in [0, 0.05) is 51.4 Å². The average molecular weight is 449 g/mol. The summed E-state index contributed by atoms with van der Waals surface area (Å²) in [4.78, 5) is 26.7. The van der Waals surface area contributed by atoms with Crippen LogP contribution in [0.1, 0.15) is 50.2 Å². The fraction of sp³-hybridized carbons (Fsp3) is 0.636. The molecular formula is C22H32N4O4S. The number of fused-ring (bicyclic) bond motifs is 1. The van der Waals surface area contributed by atoms with Gasteiger partial charge in [0.1, 0.15) is 0 Å². The van der Waals surface area contributed by atoms with E-state index in [-0.39, 0.29) is 24.3 Å². The Balaban J connectivity index is 1.34. The molecule has 3 aliphatic heterocycles. The van der Waals surface area contributed by atoms with Crippen molar-refractivity contribution in [2.45, 2.75) is 52.0 Å². The molecule has 1 unspecified atom stereocenters. The number of piperidine rings is 1. The summed E-state index contributed by atoms with van der Waals surface area (Å²) in [6, 6.07) is 5.97. The first kappa shape index (κ1) is 22.2. The topological polar surface area (TPSA) is 90.0 Å². The number of hydrogen-bond acceptors (Lipinski definition) is 4. The molecule has 3 aliphatic rings. The second-order valence-electron chi connectivity index (χ2n) is 8.64. The van der Waals surface area contributed by atoms with Gasteiger partial charge in [-0.05, 0) is 49.3 Å². The van der Waals surface area contributed by atoms with Gasteiger partial charge in [-0.25, -0.2) is 0 Å². The Morgan fingerprint density at radius 3 is 2.55 bits per heavy atom. The van der Waals surface area contributed by atoms with Gasteiger partial charge in [0.15, 0.2) is 0 Å². The minimum atomic E-state index is -3.46. The summed E-state index contributed by atoms with van der Waals surface area (Å²) >= 11 is 0. The van der Waals surface area contributed by atoms with Gasteiger partial charge in [0.25, 0.3) is 10.2 Å². The molecule has 0 saturated carbocycles. The molecule has 170 valence electrons. The van der Waals surface area contributed by atoms with Crippen LogP contribution in [0.25, 0.3) is 0 Å². The number of amides is 2. The molecule has 0 spiro atoms. The summed E-state index contributed by atoms with van der Waals surface area (Å²) in [5, 5.41) is 2.99. The van der Waals surface area contributed by atoms with E-state index in [9.17, 15) is 18.0 Å². The molecular weight excluding hydrogens is 416 g/mol. The van der Waals surface area contributed by atoms with E-state index < -0.39 is 10.2 Å². The average Bonchev–Trinajstić information content (AvgIpc) is 3.47. The van der Waals surface area contributed by atoms with E-state index in [1.165, 1.54) is 4.31 Å². The molecule has 9 heteroatoms. The maximum Gasteiger partial charge on any atom is 0.281 e. The number of carbonyl (C=O) groups is 2. The van der Waals surface area contributed by atoms with Gasteiger partial charge in [-0.2, -0.15) is 17.0 Å². The number of hydrogen-bond donors (Lipinski definition) is 1. The van der Waals surface area contributed by atoms with E-state index >= 15 is 0 Å². The third-order valence-corrected chi connectivity index (χ3v) is 8.58. The van der Waals surface area contributed by atoms with Gasteiger partial charge < -0.3 is 10.2 Å². The molecule has 31 heavy (non-hydrogen) atoms. The quantitative estimate of drug-likeness (QED) is 0.717. The van der Waals surface area contributed by atoms with Gasteiger partial charge >= 0.3 is 0 Å². The predicted octanol–water partition coefficient (Wildman–Crippen LogP) is 1.65. The highest BCUT2D eigenvalue weighted by molar-refractivity contribution is 7.86. The van der Waals surface area contributed by atoms with Gasteiger partial charge in [0.2, 0.25) is 11.8 Å². The summed E-state index contributed by atoms with van der Waals surface area (Å²) in [7, 11) is -3.46. The fourth-order valence-corrected chi connectivity index (χ4v) is 6.57. The number of benzene rings is 1. The largest absolute Gasteiger partial charge is 0.352 e. The molecule has 2 fully saturated rings. The summed E-state index contributed by atoms with van der Waals surface area (Å²) in [6.45, 7) is 4.88. The Labute approximate surface area is 184 Å². The van der Waals surface area contributed by atoms with E-state index in [0.29, 0.717) is 52.0 Å². The van der Waals surface area contributed by atoms with Crippen LogP contribution >= 0.6 is 0 Å². The Morgan fingerprint density at radius 2 is 1.81 bits per heavy atom. The van der Waals surface area contributed by atoms with Crippen LogP contribution in [0, 0.1) is 5.92 Å². The van der Waals surface area contributed by atoms with Crippen molar-refractivity contribution in [2.75, 3.05) is 37.6 Å². The molecule has 4 rings (SSSR count). The van der Waals surface area contributed by atoms with Crippen LogP contribution in [0.15, 0.2) is 18.2 Å². The third kappa shape index (κ3) is 4.63. The maximum absolute atomic E-state index is 12.8. The maximum atomic E-state index is 12.8. The van der Waals surface area contributed by atoms with Gasteiger partial charge in [-0.3, -0.25) is 9.59 Å². The summed E-state index contributed by atoms with van der Waals surface area (Å²) in [5.41, 5.74) is 3.10. The summed E-state index contributed by atoms with van der Waals surface area (Å²) in [6.07, 6.45) is 4.53. The van der Waals surface area contributed by atoms with Crippen LogP contribution in [0.3, 0.4) is 0 Å². The van der Waals surface area contributed by atoms with Crippen molar-refractivity contribution >= 4 is 27.7 Å². The molecule has 0 bridgehead atoms. The lowest BCUT2D eigenvalue weighted by atomic mass is 9.98. The number of nitrogens with zero attached hydrogens (tertiary/aromatic N) is 3. The SMILES string of the molecule is CCC(=O)N1CCc2cc(CNC(=O)C3CCCN(S(=O)(=O)N4CCCC4)C3)ccc21. The monoisotopic (exact) mass is 448 g/mol. The highest BCUT2D eigenvalue weighted by Crippen LogP contribution is 2.29. The molecule has 1 aromatic rings. The molecule has 2 saturated heterocycles. The smallest absolute Gasteiger partial charge is 0.281 e. The molecule has 2 amide bonds. The molecule has 1 aromatic carbocycles. The molecule has 1 atom stereocenters. The standard InChI is InChI=1S/C22H32N4O4S/c1-2-21(27)26-13-9-18-14-17(7-8-20(18)26)15-23-22(28)19-6-5-12-25(16-19)31(29,30)24-10-3-4-11-24/h7-8,14,19H,2-6,9-13,15-16H2,1H3,(H,23,28). The van der Waals surface area contributed by atoms with Crippen molar-refractivity contribution in [1.29, 1.82) is 0 Å². The zero-order valence-corrected chi connectivity index (χ0v) is 19.0. The van der Waals surface area contributed by atoms with Crippen molar-refractivity contribution < 1.29 is 18.0 Å². The predicted molar refractivity (Wildman–Crippen MR) is 119 cm³/mol. The minimum Gasteiger partial charge on any atom is -0.352 e. The number of carbonyl (C=O) groups excluding carboxylic acids is 2. The summed E-state index contributed by atoms with van der Waals surface area (Å²) in [5.74, 6) is -0.284. The van der Waals surface area contributed by atoms with Crippen molar-refractivity contribution in [3.8, 4) is 0 Å². The third-order valence-electron chi connectivity index (χ3n) is 6.58. The minimum absolute atomic E-state index is 0.0930. The van der Waals surface area contributed by atoms with E-state index in [0.717, 1.165) is 36.1 Å². The lowest BCUT2D eigenvalue weighted by molar-refractivity contribution is -0.126. The second-order valence-corrected chi connectivity index (χ2v) is 10.6. The molecule has 3 heterocycles. The lowest BCUT2D eigenvalue weighted by Crippen LogP contribution is -2.49. The van der Waals surface area contributed by atoms with Crippen molar-refractivity contribution in [3.05, 3.63) is 29.3 Å². The first-order valence-electron chi connectivity index (χ1n) is 11.3. The summed E-state index contributed by atoms with van der Waals surface area (Å²) < 4.78 is 28.7. The zero-order chi connectivity index (χ0) is 22.0. The Bertz CT molecular complexity index is 943. The normalized spacial score (nSPS) is 22.5. The van der Waals surface area contributed by atoms with Gasteiger partial charge in [-0.15, -0.1) is 0 Å². The number of nitrogens with one attached hydrogen (secondary N) is 1. The molecule has 1 N–H and O–H groups in total. The fourth-order valence-electron chi connectivity index (χ4n) is 4.80. The van der Waals surface area contributed by atoms with E-state index in [2.05, 4.69) is 11.4 Å². The molecule has 8 nitrogen and oxygen atoms in total. The Hall–Kier alpha value is -1.97. The van der Waals surface area contributed by atoms with E-state index in [4.69, 9.17) is 0 Å². The van der Waals surface area contributed by atoms with Crippen molar-refractivity contribution in [1.82, 2.24) is 13.9 Å². The van der Waals surface area contributed by atoms with Gasteiger partial charge in [0.05, 0.1) is 5.92 Å². The molecule has 0 aromatic heterocycles. The highest BCUT2D eigenvalue weighted by Gasteiger charge is 2.36.